The number of rotatable bonds is 4. The van der Waals surface area contributed by atoms with Crippen LogP contribution in [-0.2, 0) is 6.54 Å². The van der Waals surface area contributed by atoms with Crippen LogP contribution >= 0.6 is 0 Å². The van der Waals surface area contributed by atoms with Crippen LogP contribution in [0.1, 0.15) is 22.5 Å². The van der Waals surface area contributed by atoms with Crippen molar-refractivity contribution in [3.63, 3.8) is 0 Å². The van der Waals surface area contributed by atoms with Gasteiger partial charge in [-0.05, 0) is 25.0 Å². The van der Waals surface area contributed by atoms with E-state index in [4.69, 9.17) is 5.11 Å². The van der Waals surface area contributed by atoms with E-state index >= 15 is 0 Å². The molecule has 0 saturated carbocycles. The molecular formula is C10H13NO2. The second-order valence-corrected chi connectivity index (χ2v) is 2.92. The van der Waals surface area contributed by atoms with Crippen molar-refractivity contribution in [1.29, 1.82) is 0 Å². The first-order chi connectivity index (χ1) is 6.16. The van der Waals surface area contributed by atoms with E-state index in [2.05, 4.69) is 6.58 Å². The minimum atomic E-state index is -0.869. The maximum Gasteiger partial charge on any atom is 0.352 e. The molecule has 1 aromatic heterocycles. The average molecular weight is 179 g/mol. The predicted octanol–water partition coefficient (Wildman–Crippen LogP) is 2.07. The standard InChI is InChI=1S/C10H13NO2/c1-3-4-6-11-7-5-8(2)9(11)10(12)13/h3,5,7H,1,4,6H2,2H3,(H,12,13). The fourth-order valence-electron chi connectivity index (χ4n) is 1.29. The number of nitrogens with zero attached hydrogens (tertiary/aromatic N) is 1. The molecule has 0 unspecified atom stereocenters. The molecule has 0 aromatic carbocycles. The SMILES string of the molecule is C=CCCn1ccc(C)c1C(=O)O. The molecule has 0 amide bonds. The lowest BCUT2D eigenvalue weighted by atomic mass is 10.3. The molecule has 1 rings (SSSR count). The molecule has 0 aliphatic carbocycles. The van der Waals surface area contributed by atoms with Crippen LogP contribution in [0.2, 0.25) is 0 Å². The maximum atomic E-state index is 10.8. The highest BCUT2D eigenvalue weighted by molar-refractivity contribution is 5.87. The van der Waals surface area contributed by atoms with E-state index in [1.54, 1.807) is 23.8 Å². The van der Waals surface area contributed by atoms with Gasteiger partial charge in [0.15, 0.2) is 0 Å². The van der Waals surface area contributed by atoms with Crippen LogP contribution in [0.25, 0.3) is 0 Å². The summed E-state index contributed by atoms with van der Waals surface area (Å²) < 4.78 is 1.74. The van der Waals surface area contributed by atoms with Gasteiger partial charge in [-0.2, -0.15) is 0 Å². The number of allylic oxidation sites excluding steroid dienone is 1. The van der Waals surface area contributed by atoms with Gasteiger partial charge in [0.2, 0.25) is 0 Å². The molecule has 1 aromatic rings. The molecule has 0 aliphatic rings. The zero-order chi connectivity index (χ0) is 9.84. The second kappa shape index (κ2) is 3.94. The third-order valence-electron chi connectivity index (χ3n) is 1.94. The number of carboxylic acids is 1. The molecule has 0 saturated heterocycles. The van der Waals surface area contributed by atoms with Gasteiger partial charge in [-0.3, -0.25) is 0 Å². The Morgan fingerprint density at radius 1 is 1.77 bits per heavy atom. The van der Waals surface area contributed by atoms with Crippen molar-refractivity contribution < 1.29 is 9.90 Å². The van der Waals surface area contributed by atoms with E-state index in [1.807, 2.05) is 6.07 Å². The molecule has 0 bridgehead atoms. The number of carboxylic acid groups (broad SMARTS) is 1. The van der Waals surface area contributed by atoms with Crippen molar-refractivity contribution in [1.82, 2.24) is 4.57 Å². The highest BCUT2D eigenvalue weighted by Gasteiger charge is 2.11. The normalized spacial score (nSPS) is 9.92. The van der Waals surface area contributed by atoms with Crippen LogP contribution in [0.3, 0.4) is 0 Å². The molecule has 1 N–H and O–H groups in total. The third-order valence-corrected chi connectivity index (χ3v) is 1.94. The van der Waals surface area contributed by atoms with Gasteiger partial charge in [0.1, 0.15) is 5.69 Å². The Morgan fingerprint density at radius 2 is 2.46 bits per heavy atom. The van der Waals surface area contributed by atoms with E-state index < -0.39 is 5.97 Å². The number of hydrogen-bond donors (Lipinski definition) is 1. The Hall–Kier alpha value is -1.51. The largest absolute Gasteiger partial charge is 0.477 e. The van der Waals surface area contributed by atoms with Crippen LogP contribution in [0, 0.1) is 6.92 Å². The van der Waals surface area contributed by atoms with Gasteiger partial charge >= 0.3 is 5.97 Å². The van der Waals surface area contributed by atoms with Crippen molar-refractivity contribution in [2.45, 2.75) is 19.9 Å². The summed E-state index contributed by atoms with van der Waals surface area (Å²) in [5.41, 5.74) is 1.18. The van der Waals surface area contributed by atoms with E-state index in [-0.39, 0.29) is 0 Å². The second-order valence-electron chi connectivity index (χ2n) is 2.92. The summed E-state index contributed by atoms with van der Waals surface area (Å²) in [7, 11) is 0. The number of aromatic nitrogens is 1. The van der Waals surface area contributed by atoms with E-state index in [0.29, 0.717) is 12.2 Å². The van der Waals surface area contributed by atoms with Crippen molar-refractivity contribution >= 4 is 5.97 Å². The first kappa shape index (κ1) is 9.58. The Morgan fingerprint density at radius 3 is 3.00 bits per heavy atom. The Labute approximate surface area is 77.3 Å². The zero-order valence-corrected chi connectivity index (χ0v) is 7.66. The zero-order valence-electron chi connectivity index (χ0n) is 7.66. The lowest BCUT2D eigenvalue weighted by Crippen LogP contribution is -2.08. The van der Waals surface area contributed by atoms with Crippen LogP contribution in [0.5, 0.6) is 0 Å². The summed E-state index contributed by atoms with van der Waals surface area (Å²) in [6, 6.07) is 1.81. The molecule has 1 heterocycles. The van der Waals surface area contributed by atoms with Crippen LogP contribution in [0.15, 0.2) is 24.9 Å². The number of aromatic carboxylic acids is 1. The van der Waals surface area contributed by atoms with Crippen LogP contribution < -0.4 is 0 Å². The topological polar surface area (TPSA) is 42.2 Å². The molecule has 0 spiro atoms. The van der Waals surface area contributed by atoms with E-state index in [1.165, 1.54) is 0 Å². The third kappa shape index (κ3) is 1.99. The highest BCUT2D eigenvalue weighted by Crippen LogP contribution is 2.10. The number of carbonyl (C=O) groups is 1. The molecule has 0 atom stereocenters. The quantitative estimate of drug-likeness (QED) is 0.719. The minimum absolute atomic E-state index is 0.377. The van der Waals surface area contributed by atoms with Gasteiger partial charge in [-0.15, -0.1) is 6.58 Å². The Kier molecular flexibility index (Phi) is 2.90. The fraction of sp³-hybridized carbons (Fsp3) is 0.300. The smallest absolute Gasteiger partial charge is 0.352 e. The molecule has 0 fully saturated rings. The van der Waals surface area contributed by atoms with Gasteiger partial charge in [-0.1, -0.05) is 6.08 Å². The van der Waals surface area contributed by atoms with Crippen molar-refractivity contribution in [3.8, 4) is 0 Å². The van der Waals surface area contributed by atoms with Gasteiger partial charge in [0, 0.05) is 12.7 Å². The predicted molar refractivity (Wildman–Crippen MR) is 50.9 cm³/mol. The number of hydrogen-bond acceptors (Lipinski definition) is 1. The summed E-state index contributed by atoms with van der Waals surface area (Å²) >= 11 is 0. The number of aryl methyl sites for hydroxylation is 2. The van der Waals surface area contributed by atoms with Crippen LogP contribution in [-0.4, -0.2) is 15.6 Å². The molecular weight excluding hydrogens is 166 g/mol. The Balaban J connectivity index is 2.93. The molecule has 0 radical (unpaired) electrons. The summed E-state index contributed by atoms with van der Waals surface area (Å²) in [5, 5.41) is 8.89. The van der Waals surface area contributed by atoms with Gasteiger partial charge in [0.25, 0.3) is 0 Å². The van der Waals surface area contributed by atoms with Crippen molar-refractivity contribution in [2.24, 2.45) is 0 Å². The van der Waals surface area contributed by atoms with Crippen LogP contribution in [0.4, 0.5) is 0 Å². The Bertz CT molecular complexity index is 326. The van der Waals surface area contributed by atoms with Crippen molar-refractivity contribution in [3.05, 3.63) is 36.2 Å². The van der Waals surface area contributed by atoms with Gasteiger partial charge in [0.05, 0.1) is 0 Å². The monoisotopic (exact) mass is 179 g/mol. The molecule has 3 heteroatoms. The van der Waals surface area contributed by atoms with E-state index in [9.17, 15) is 4.79 Å². The molecule has 70 valence electrons. The lowest BCUT2D eigenvalue weighted by Gasteiger charge is -2.04. The lowest BCUT2D eigenvalue weighted by molar-refractivity contribution is 0.0684. The summed E-state index contributed by atoms with van der Waals surface area (Å²) in [5.74, 6) is -0.869. The van der Waals surface area contributed by atoms with Gasteiger partial charge in [-0.25, -0.2) is 4.79 Å². The highest BCUT2D eigenvalue weighted by atomic mass is 16.4. The summed E-state index contributed by atoms with van der Waals surface area (Å²) in [6.07, 6.45) is 4.36. The molecule has 13 heavy (non-hydrogen) atoms. The first-order valence-corrected chi connectivity index (χ1v) is 4.16. The van der Waals surface area contributed by atoms with Crippen molar-refractivity contribution in [2.75, 3.05) is 0 Å². The molecule has 3 nitrogen and oxygen atoms in total. The fourth-order valence-corrected chi connectivity index (χ4v) is 1.29. The summed E-state index contributed by atoms with van der Waals surface area (Å²) in [4.78, 5) is 10.8. The maximum absolute atomic E-state index is 10.8. The minimum Gasteiger partial charge on any atom is -0.477 e. The first-order valence-electron chi connectivity index (χ1n) is 4.16. The molecule has 0 aliphatic heterocycles. The summed E-state index contributed by atoms with van der Waals surface area (Å²) in [6.45, 7) is 6.08. The van der Waals surface area contributed by atoms with Gasteiger partial charge < -0.3 is 9.67 Å². The average Bonchev–Trinajstić information content (AvgIpc) is 2.43. The van der Waals surface area contributed by atoms with E-state index in [0.717, 1.165) is 12.0 Å².